The molecule has 0 aliphatic carbocycles. The molecule has 1 saturated heterocycles. The monoisotopic (exact) mass is 408 g/mol. The summed E-state index contributed by atoms with van der Waals surface area (Å²) >= 11 is 0. The quantitative estimate of drug-likeness (QED) is 0.672. The van der Waals surface area contributed by atoms with E-state index in [2.05, 4.69) is 15.3 Å². The van der Waals surface area contributed by atoms with E-state index in [-0.39, 0.29) is 23.5 Å². The number of piperidine rings is 1. The van der Waals surface area contributed by atoms with E-state index >= 15 is 0 Å². The third-order valence-electron chi connectivity index (χ3n) is 5.34. The number of hydrogen-bond donors (Lipinski definition) is 1. The molecule has 0 unspecified atom stereocenters. The Labute approximate surface area is 173 Å². The van der Waals surface area contributed by atoms with Gasteiger partial charge >= 0.3 is 0 Å². The molecule has 5 nitrogen and oxygen atoms in total. The van der Waals surface area contributed by atoms with Crippen molar-refractivity contribution in [1.82, 2.24) is 14.9 Å². The molecular formula is C23H22F2N4O. The number of carbonyl (C=O) groups excluding carboxylic acids is 1. The molecule has 0 saturated carbocycles. The Balaban J connectivity index is 1.50. The number of halogens is 2. The normalized spacial score (nSPS) is 16.4. The summed E-state index contributed by atoms with van der Waals surface area (Å²) in [5.41, 5.74) is 1.95. The van der Waals surface area contributed by atoms with Crippen molar-refractivity contribution >= 4 is 17.5 Å². The van der Waals surface area contributed by atoms with Crippen LogP contribution in [0.4, 0.5) is 20.4 Å². The van der Waals surface area contributed by atoms with Crippen LogP contribution < -0.4 is 5.32 Å². The molecule has 1 fully saturated rings. The number of aromatic nitrogens is 2. The van der Waals surface area contributed by atoms with E-state index in [0.717, 1.165) is 18.5 Å². The van der Waals surface area contributed by atoms with Crippen LogP contribution in [-0.2, 0) is 0 Å². The molecular weight excluding hydrogens is 386 g/mol. The zero-order valence-corrected chi connectivity index (χ0v) is 16.6. The molecule has 1 aliphatic heterocycles. The van der Waals surface area contributed by atoms with Gasteiger partial charge in [0.15, 0.2) is 0 Å². The average molecular weight is 408 g/mol. The third kappa shape index (κ3) is 4.30. The maximum Gasteiger partial charge on any atom is 0.253 e. The Morgan fingerprint density at radius 2 is 1.97 bits per heavy atom. The molecule has 1 N–H and O–H groups in total. The molecule has 2 aromatic carbocycles. The lowest BCUT2D eigenvalue weighted by molar-refractivity contribution is 0.0705. The first kappa shape index (κ1) is 19.9. The van der Waals surface area contributed by atoms with Gasteiger partial charge in [-0.15, -0.1) is 0 Å². The van der Waals surface area contributed by atoms with Crippen molar-refractivity contribution in [1.29, 1.82) is 0 Å². The highest BCUT2D eigenvalue weighted by molar-refractivity contribution is 5.94. The van der Waals surface area contributed by atoms with Crippen molar-refractivity contribution in [2.45, 2.75) is 25.7 Å². The Kier molecular flexibility index (Phi) is 5.70. The Morgan fingerprint density at radius 1 is 1.13 bits per heavy atom. The number of hydrogen-bond acceptors (Lipinski definition) is 4. The summed E-state index contributed by atoms with van der Waals surface area (Å²) in [6, 6.07) is 12.7. The summed E-state index contributed by atoms with van der Waals surface area (Å²) in [6.45, 7) is 2.78. The van der Waals surface area contributed by atoms with Gasteiger partial charge in [-0.05, 0) is 55.7 Å². The number of nitrogens with zero attached hydrogens (tertiary/aromatic N) is 3. The smallest absolute Gasteiger partial charge is 0.253 e. The van der Waals surface area contributed by atoms with Crippen LogP contribution in [0, 0.1) is 18.6 Å². The van der Waals surface area contributed by atoms with Gasteiger partial charge in [0.1, 0.15) is 11.6 Å². The minimum atomic E-state index is -0.383. The predicted octanol–water partition coefficient (Wildman–Crippen LogP) is 4.83. The zero-order valence-electron chi connectivity index (χ0n) is 16.6. The van der Waals surface area contributed by atoms with Gasteiger partial charge in [-0.25, -0.2) is 18.7 Å². The second-order valence-electron chi connectivity index (χ2n) is 7.46. The second kappa shape index (κ2) is 8.57. The highest BCUT2D eigenvalue weighted by Gasteiger charge is 2.27. The highest BCUT2D eigenvalue weighted by atomic mass is 19.1. The van der Waals surface area contributed by atoms with Gasteiger partial charge in [-0.1, -0.05) is 18.2 Å². The molecule has 1 atom stereocenters. The fourth-order valence-corrected chi connectivity index (χ4v) is 3.65. The lowest BCUT2D eigenvalue weighted by Gasteiger charge is -2.32. The van der Waals surface area contributed by atoms with Gasteiger partial charge < -0.3 is 10.2 Å². The molecule has 1 aromatic heterocycles. The van der Waals surface area contributed by atoms with Crippen molar-refractivity contribution in [3.63, 3.8) is 0 Å². The van der Waals surface area contributed by atoms with E-state index in [1.807, 2.05) is 6.07 Å². The van der Waals surface area contributed by atoms with Crippen LogP contribution >= 0.6 is 0 Å². The van der Waals surface area contributed by atoms with Gasteiger partial charge in [0.2, 0.25) is 5.95 Å². The van der Waals surface area contributed by atoms with Crippen molar-refractivity contribution in [2.75, 3.05) is 18.4 Å². The summed E-state index contributed by atoms with van der Waals surface area (Å²) < 4.78 is 27.8. The van der Waals surface area contributed by atoms with Gasteiger partial charge in [0, 0.05) is 30.8 Å². The molecule has 7 heteroatoms. The number of carbonyl (C=O) groups is 1. The maximum atomic E-state index is 13.9. The molecule has 1 aliphatic rings. The molecule has 2 heterocycles. The van der Waals surface area contributed by atoms with E-state index < -0.39 is 0 Å². The van der Waals surface area contributed by atoms with Crippen molar-refractivity contribution < 1.29 is 13.6 Å². The maximum absolute atomic E-state index is 13.9. The van der Waals surface area contributed by atoms with E-state index in [1.54, 1.807) is 48.4 Å². The SMILES string of the molecule is Cc1ccc(C(=O)N2CCC[C@H](c3ccnc(Nc4ccccc4F)n3)C2)cc1F. The molecule has 0 radical (unpaired) electrons. The van der Waals surface area contributed by atoms with E-state index in [9.17, 15) is 13.6 Å². The molecule has 154 valence electrons. The Hall–Kier alpha value is -3.35. The molecule has 4 rings (SSSR count). The third-order valence-corrected chi connectivity index (χ3v) is 5.34. The largest absolute Gasteiger partial charge is 0.338 e. The van der Waals surface area contributed by atoms with Crippen molar-refractivity contribution in [3.05, 3.63) is 83.2 Å². The van der Waals surface area contributed by atoms with Crippen LogP contribution in [-0.4, -0.2) is 33.9 Å². The minimum Gasteiger partial charge on any atom is -0.338 e. The summed E-state index contributed by atoms with van der Waals surface area (Å²) in [5.74, 6) is -0.610. The molecule has 1 amide bonds. The lowest BCUT2D eigenvalue weighted by Crippen LogP contribution is -2.39. The summed E-state index contributed by atoms with van der Waals surface area (Å²) in [4.78, 5) is 23.3. The number of aryl methyl sites for hydroxylation is 1. The van der Waals surface area contributed by atoms with E-state index in [0.29, 0.717) is 35.9 Å². The average Bonchev–Trinajstić information content (AvgIpc) is 2.77. The van der Waals surface area contributed by atoms with E-state index in [4.69, 9.17) is 0 Å². The fraction of sp³-hybridized carbons (Fsp3) is 0.261. The van der Waals surface area contributed by atoms with Gasteiger partial charge in [-0.2, -0.15) is 0 Å². The van der Waals surface area contributed by atoms with Crippen LogP contribution in [0.15, 0.2) is 54.7 Å². The first-order valence-corrected chi connectivity index (χ1v) is 9.91. The highest BCUT2D eigenvalue weighted by Crippen LogP contribution is 2.28. The van der Waals surface area contributed by atoms with Gasteiger partial charge in [-0.3, -0.25) is 4.79 Å². The standard InChI is InChI=1S/C23H22F2N4O/c1-15-8-9-16(13-19(15)25)22(30)29-12-4-5-17(14-29)20-10-11-26-23(27-20)28-21-7-3-2-6-18(21)24/h2-3,6-11,13,17H,4-5,12,14H2,1H3,(H,26,27,28)/t17-/m0/s1. The van der Waals surface area contributed by atoms with Crippen LogP contribution in [0.5, 0.6) is 0 Å². The van der Waals surface area contributed by atoms with Crippen LogP contribution in [0.1, 0.15) is 40.4 Å². The lowest BCUT2D eigenvalue weighted by atomic mass is 9.94. The predicted molar refractivity (Wildman–Crippen MR) is 111 cm³/mol. The molecule has 0 spiro atoms. The number of nitrogens with one attached hydrogen (secondary N) is 1. The van der Waals surface area contributed by atoms with Crippen LogP contribution in [0.3, 0.4) is 0 Å². The molecule has 3 aromatic rings. The molecule has 30 heavy (non-hydrogen) atoms. The number of anilines is 2. The molecule has 0 bridgehead atoms. The van der Waals surface area contributed by atoms with Crippen LogP contribution in [0.2, 0.25) is 0 Å². The Morgan fingerprint density at radius 3 is 2.77 bits per heavy atom. The fourth-order valence-electron chi connectivity index (χ4n) is 3.65. The number of likely N-dealkylation sites (tertiary alicyclic amines) is 1. The minimum absolute atomic E-state index is 0.0298. The van der Waals surface area contributed by atoms with Gasteiger partial charge in [0.05, 0.1) is 11.4 Å². The Bertz CT molecular complexity index is 1070. The first-order chi connectivity index (χ1) is 14.5. The number of benzene rings is 2. The number of para-hydroxylation sites is 1. The van der Waals surface area contributed by atoms with Gasteiger partial charge in [0.25, 0.3) is 5.91 Å². The number of rotatable bonds is 4. The zero-order chi connectivity index (χ0) is 21.1. The summed E-state index contributed by atoms with van der Waals surface area (Å²) in [6.07, 6.45) is 3.33. The number of amides is 1. The van der Waals surface area contributed by atoms with Crippen molar-refractivity contribution in [3.8, 4) is 0 Å². The van der Waals surface area contributed by atoms with E-state index in [1.165, 1.54) is 12.1 Å². The summed E-state index contributed by atoms with van der Waals surface area (Å²) in [5, 5.41) is 2.90. The van der Waals surface area contributed by atoms with Crippen molar-refractivity contribution in [2.24, 2.45) is 0 Å². The topological polar surface area (TPSA) is 58.1 Å². The second-order valence-corrected chi connectivity index (χ2v) is 7.46. The van der Waals surface area contributed by atoms with Crippen LogP contribution in [0.25, 0.3) is 0 Å². The first-order valence-electron chi connectivity index (χ1n) is 9.91. The summed E-state index contributed by atoms with van der Waals surface area (Å²) in [7, 11) is 0.